The van der Waals surface area contributed by atoms with E-state index in [9.17, 15) is 28.1 Å². The summed E-state index contributed by atoms with van der Waals surface area (Å²) in [5.41, 5.74) is -0.654. The van der Waals surface area contributed by atoms with Gasteiger partial charge >= 0.3 is 6.18 Å². The summed E-state index contributed by atoms with van der Waals surface area (Å²) in [6, 6.07) is 8.89. The van der Waals surface area contributed by atoms with Gasteiger partial charge in [-0.15, -0.1) is 0 Å². The number of nitrogens with one attached hydrogen (secondary N) is 1. The van der Waals surface area contributed by atoms with Crippen LogP contribution < -0.4 is 5.32 Å². The number of nitrogens with zero attached hydrogens (tertiary/aromatic N) is 1. The lowest BCUT2D eigenvalue weighted by Crippen LogP contribution is -2.11. The number of benzene rings is 2. The zero-order valence-electron chi connectivity index (χ0n) is 12.4. The fourth-order valence-corrected chi connectivity index (χ4v) is 2.39. The second-order valence-electron chi connectivity index (χ2n) is 4.87. The highest BCUT2D eigenvalue weighted by Gasteiger charge is 2.33. The molecular weight excluding hydrogens is 405 g/mol. The molecular formula is C16H10BrF3N2O3. The van der Waals surface area contributed by atoms with Crippen LogP contribution in [0.2, 0.25) is 0 Å². The van der Waals surface area contributed by atoms with Crippen molar-refractivity contribution < 1.29 is 22.9 Å². The van der Waals surface area contributed by atoms with Crippen molar-refractivity contribution in [3.05, 3.63) is 74.3 Å². The zero-order valence-corrected chi connectivity index (χ0v) is 14.0. The Bertz CT molecular complexity index is 851. The summed E-state index contributed by atoms with van der Waals surface area (Å²) in [5.74, 6) is -0.665. The molecule has 0 saturated carbocycles. The van der Waals surface area contributed by atoms with Crippen LogP contribution in [0.1, 0.15) is 11.1 Å². The van der Waals surface area contributed by atoms with Crippen molar-refractivity contribution in [2.75, 3.05) is 5.32 Å². The van der Waals surface area contributed by atoms with Gasteiger partial charge in [-0.2, -0.15) is 13.2 Å². The molecule has 2 rings (SSSR count). The number of amides is 1. The second-order valence-corrected chi connectivity index (χ2v) is 5.72. The molecule has 1 amide bonds. The summed E-state index contributed by atoms with van der Waals surface area (Å²) in [7, 11) is 0. The zero-order chi connectivity index (χ0) is 18.6. The standard InChI is InChI=1S/C16H10BrF3N2O3/c17-14-6-5-11(9-13(14)16(18,19)20)21-15(23)7-4-10-2-1-3-12(8-10)22(24)25/h1-9H,(H,21,23)/b7-4+. The Hall–Kier alpha value is -2.68. The number of hydrogen-bond acceptors (Lipinski definition) is 3. The van der Waals surface area contributed by atoms with Crippen LogP contribution in [0, 0.1) is 10.1 Å². The molecule has 5 nitrogen and oxygen atoms in total. The molecule has 0 radical (unpaired) electrons. The normalized spacial score (nSPS) is 11.5. The van der Waals surface area contributed by atoms with Gasteiger partial charge in [0.1, 0.15) is 0 Å². The number of carbonyl (C=O) groups is 1. The Balaban J connectivity index is 2.13. The minimum atomic E-state index is -4.56. The molecule has 1 N–H and O–H groups in total. The Morgan fingerprint density at radius 1 is 1.20 bits per heavy atom. The number of rotatable bonds is 4. The quantitative estimate of drug-likeness (QED) is 0.433. The van der Waals surface area contributed by atoms with Crippen molar-refractivity contribution in [2.24, 2.45) is 0 Å². The SMILES string of the molecule is O=C(/C=C/c1cccc([N+](=O)[O-])c1)Nc1ccc(Br)c(C(F)(F)F)c1. The van der Waals surface area contributed by atoms with Gasteiger partial charge in [0.25, 0.3) is 5.69 Å². The molecule has 0 aliphatic carbocycles. The fourth-order valence-electron chi connectivity index (χ4n) is 1.92. The highest BCUT2D eigenvalue weighted by Crippen LogP contribution is 2.36. The Morgan fingerprint density at radius 2 is 1.92 bits per heavy atom. The van der Waals surface area contributed by atoms with E-state index in [1.807, 2.05) is 0 Å². The van der Waals surface area contributed by atoms with Crippen molar-refractivity contribution >= 4 is 39.3 Å². The van der Waals surface area contributed by atoms with E-state index in [0.29, 0.717) is 5.56 Å². The number of anilines is 1. The van der Waals surface area contributed by atoms with Crippen LogP contribution in [0.15, 0.2) is 53.0 Å². The van der Waals surface area contributed by atoms with E-state index in [-0.39, 0.29) is 15.8 Å². The minimum Gasteiger partial charge on any atom is -0.322 e. The molecule has 9 heteroatoms. The fraction of sp³-hybridized carbons (Fsp3) is 0.0625. The van der Waals surface area contributed by atoms with Crippen molar-refractivity contribution in [1.82, 2.24) is 0 Å². The average Bonchev–Trinajstić information content (AvgIpc) is 2.54. The van der Waals surface area contributed by atoms with E-state index in [0.717, 1.165) is 12.1 Å². The number of alkyl halides is 3. The first kappa shape index (κ1) is 18.7. The first-order valence-electron chi connectivity index (χ1n) is 6.77. The number of nitro groups is 1. The van der Waals surface area contributed by atoms with Crippen LogP contribution in [0.5, 0.6) is 0 Å². The summed E-state index contributed by atoms with van der Waals surface area (Å²) in [6.45, 7) is 0. The predicted molar refractivity (Wildman–Crippen MR) is 89.9 cm³/mol. The van der Waals surface area contributed by atoms with Crippen LogP contribution >= 0.6 is 15.9 Å². The molecule has 0 bridgehead atoms. The van der Waals surface area contributed by atoms with Crippen molar-refractivity contribution in [2.45, 2.75) is 6.18 Å². The topological polar surface area (TPSA) is 72.2 Å². The maximum Gasteiger partial charge on any atom is 0.417 e. The van der Waals surface area contributed by atoms with Gasteiger partial charge in [0.05, 0.1) is 10.5 Å². The predicted octanol–water partition coefficient (Wildman–Crippen LogP) is 5.03. The number of carbonyl (C=O) groups excluding carboxylic acids is 1. The van der Waals surface area contributed by atoms with Crippen molar-refractivity contribution in [3.8, 4) is 0 Å². The molecule has 0 atom stereocenters. The van der Waals surface area contributed by atoms with Gasteiger partial charge in [-0.1, -0.05) is 28.1 Å². The molecule has 25 heavy (non-hydrogen) atoms. The highest BCUT2D eigenvalue weighted by molar-refractivity contribution is 9.10. The van der Waals surface area contributed by atoms with Gasteiger partial charge in [-0.05, 0) is 29.8 Å². The molecule has 0 aliphatic rings. The second kappa shape index (κ2) is 7.47. The third-order valence-corrected chi connectivity index (χ3v) is 3.74. The maximum atomic E-state index is 12.8. The van der Waals surface area contributed by atoms with Gasteiger partial charge in [0, 0.05) is 28.4 Å². The number of halogens is 4. The molecule has 0 aromatic heterocycles. The molecule has 130 valence electrons. The molecule has 0 heterocycles. The van der Waals surface area contributed by atoms with E-state index in [4.69, 9.17) is 0 Å². The molecule has 0 spiro atoms. The molecule has 2 aromatic rings. The van der Waals surface area contributed by atoms with E-state index >= 15 is 0 Å². The average molecular weight is 415 g/mol. The van der Waals surface area contributed by atoms with Gasteiger partial charge in [0.15, 0.2) is 0 Å². The van der Waals surface area contributed by atoms with E-state index in [2.05, 4.69) is 21.2 Å². The van der Waals surface area contributed by atoms with E-state index < -0.39 is 22.6 Å². The van der Waals surface area contributed by atoms with Crippen molar-refractivity contribution in [3.63, 3.8) is 0 Å². The molecule has 0 unspecified atom stereocenters. The van der Waals surface area contributed by atoms with Gasteiger partial charge < -0.3 is 5.32 Å². The lowest BCUT2D eigenvalue weighted by Gasteiger charge is -2.11. The van der Waals surface area contributed by atoms with E-state index in [1.165, 1.54) is 36.4 Å². The Labute approximate surface area is 148 Å². The van der Waals surface area contributed by atoms with Crippen LogP contribution in [0.25, 0.3) is 6.08 Å². The number of non-ortho nitro benzene ring substituents is 1. The third kappa shape index (κ3) is 5.15. The lowest BCUT2D eigenvalue weighted by atomic mass is 10.2. The molecule has 0 aliphatic heterocycles. The molecule has 0 fully saturated rings. The van der Waals surface area contributed by atoms with Gasteiger partial charge in [-0.25, -0.2) is 0 Å². The summed E-state index contributed by atoms with van der Waals surface area (Å²) in [6.07, 6.45) is -2.15. The maximum absolute atomic E-state index is 12.8. The monoisotopic (exact) mass is 414 g/mol. The smallest absolute Gasteiger partial charge is 0.322 e. The van der Waals surface area contributed by atoms with E-state index in [1.54, 1.807) is 6.07 Å². The van der Waals surface area contributed by atoms with Crippen LogP contribution in [0.3, 0.4) is 0 Å². The van der Waals surface area contributed by atoms with Crippen LogP contribution in [0.4, 0.5) is 24.5 Å². The first-order chi connectivity index (χ1) is 11.7. The Kier molecular flexibility index (Phi) is 5.58. The summed E-state index contributed by atoms with van der Waals surface area (Å²) >= 11 is 2.81. The minimum absolute atomic E-state index is 0.0239. The van der Waals surface area contributed by atoms with Crippen molar-refractivity contribution in [1.29, 1.82) is 0 Å². The number of nitro benzene ring substituents is 1. The summed E-state index contributed by atoms with van der Waals surface area (Å²) < 4.78 is 38.3. The molecule has 2 aromatic carbocycles. The van der Waals surface area contributed by atoms with Gasteiger partial charge in [-0.3, -0.25) is 14.9 Å². The first-order valence-corrected chi connectivity index (χ1v) is 7.56. The lowest BCUT2D eigenvalue weighted by molar-refractivity contribution is -0.384. The van der Waals surface area contributed by atoms with Gasteiger partial charge in [0.2, 0.25) is 5.91 Å². The largest absolute Gasteiger partial charge is 0.417 e. The molecule has 0 saturated heterocycles. The highest BCUT2D eigenvalue weighted by atomic mass is 79.9. The summed E-state index contributed by atoms with van der Waals surface area (Å²) in [4.78, 5) is 21.9. The Morgan fingerprint density at radius 3 is 2.56 bits per heavy atom. The number of hydrogen-bond donors (Lipinski definition) is 1. The summed E-state index contributed by atoms with van der Waals surface area (Å²) in [5, 5.41) is 13.0. The van der Waals surface area contributed by atoms with Crippen LogP contribution in [-0.4, -0.2) is 10.8 Å². The third-order valence-electron chi connectivity index (χ3n) is 3.05. The van der Waals surface area contributed by atoms with Crippen LogP contribution in [-0.2, 0) is 11.0 Å².